The highest BCUT2D eigenvalue weighted by atomic mass is 16.6. The van der Waals surface area contributed by atoms with Crippen molar-refractivity contribution in [2.75, 3.05) is 5.73 Å². The second-order valence-electron chi connectivity index (χ2n) is 3.13. The van der Waals surface area contributed by atoms with E-state index in [0.29, 0.717) is 5.69 Å². The van der Waals surface area contributed by atoms with Gasteiger partial charge in [0.2, 0.25) is 0 Å². The smallest absolute Gasteiger partial charge is 0.295 e. The van der Waals surface area contributed by atoms with Gasteiger partial charge < -0.3 is 11.5 Å². The highest BCUT2D eigenvalue weighted by Crippen LogP contribution is 2.03. The molecule has 2 aromatic rings. The lowest BCUT2D eigenvalue weighted by atomic mass is 10.3. The van der Waals surface area contributed by atoms with Gasteiger partial charge in [-0.05, 0) is 22.4 Å². The molecule has 0 spiro atoms. The van der Waals surface area contributed by atoms with Crippen LogP contribution in [0.5, 0.6) is 0 Å². The van der Waals surface area contributed by atoms with Crippen LogP contribution in [0.15, 0.2) is 14.4 Å². The standard InChI is InChI=1S/C7H8N8O3/c1-2-3(13-17-12-2)7(16)11-10-5(8)4-6(9)15-18-14-4/h1H3,(H2,8,10)(H2,9,15)(H,11,16). The zero-order valence-corrected chi connectivity index (χ0v) is 9.12. The van der Waals surface area contributed by atoms with Crippen molar-refractivity contribution in [1.29, 1.82) is 0 Å². The number of hydrazone groups is 1. The Labute approximate surface area is 99.1 Å². The summed E-state index contributed by atoms with van der Waals surface area (Å²) < 4.78 is 8.70. The lowest BCUT2D eigenvalue weighted by molar-refractivity contribution is 0.0944. The first kappa shape index (κ1) is 11.5. The van der Waals surface area contributed by atoms with Crippen molar-refractivity contribution in [3.63, 3.8) is 0 Å². The molecule has 0 atom stereocenters. The van der Waals surface area contributed by atoms with Crippen LogP contribution in [0.25, 0.3) is 0 Å². The van der Waals surface area contributed by atoms with E-state index in [1.165, 1.54) is 0 Å². The molecular weight excluding hydrogens is 244 g/mol. The Morgan fingerprint density at radius 1 is 1.22 bits per heavy atom. The van der Waals surface area contributed by atoms with Crippen LogP contribution in [-0.4, -0.2) is 32.4 Å². The number of nitrogens with one attached hydrogen (secondary N) is 1. The third kappa shape index (κ3) is 2.09. The SMILES string of the molecule is Cc1nonc1C(=O)N/N=C(/N)c1nonc1N. The van der Waals surface area contributed by atoms with E-state index in [0.717, 1.165) is 0 Å². The Morgan fingerprint density at radius 3 is 2.44 bits per heavy atom. The molecule has 0 aliphatic carbocycles. The molecule has 5 N–H and O–H groups in total. The number of hydrogen-bond donors (Lipinski definition) is 3. The molecule has 0 saturated heterocycles. The predicted octanol–water partition coefficient (Wildman–Crippen LogP) is -1.61. The van der Waals surface area contributed by atoms with Gasteiger partial charge in [-0.1, -0.05) is 5.16 Å². The maximum absolute atomic E-state index is 11.6. The minimum Gasteiger partial charge on any atom is -0.380 e. The van der Waals surface area contributed by atoms with E-state index in [4.69, 9.17) is 11.5 Å². The van der Waals surface area contributed by atoms with Crippen LogP contribution in [0.4, 0.5) is 5.82 Å². The molecule has 94 valence electrons. The van der Waals surface area contributed by atoms with Crippen molar-refractivity contribution in [1.82, 2.24) is 26.1 Å². The van der Waals surface area contributed by atoms with Crippen molar-refractivity contribution in [3.05, 3.63) is 17.1 Å². The first-order chi connectivity index (χ1) is 8.59. The molecule has 0 unspecified atom stereocenters. The molecule has 2 rings (SSSR count). The summed E-state index contributed by atoms with van der Waals surface area (Å²) >= 11 is 0. The molecule has 0 aromatic carbocycles. The summed E-state index contributed by atoms with van der Waals surface area (Å²) in [6, 6.07) is 0. The Kier molecular flexibility index (Phi) is 2.87. The van der Waals surface area contributed by atoms with Crippen LogP contribution >= 0.6 is 0 Å². The van der Waals surface area contributed by atoms with Gasteiger partial charge in [0.05, 0.1) is 0 Å². The van der Waals surface area contributed by atoms with Gasteiger partial charge in [0.1, 0.15) is 5.69 Å². The third-order valence-corrected chi connectivity index (χ3v) is 1.90. The number of amides is 1. The van der Waals surface area contributed by atoms with E-state index in [2.05, 4.69) is 40.4 Å². The highest BCUT2D eigenvalue weighted by molar-refractivity contribution is 6.00. The number of amidine groups is 1. The van der Waals surface area contributed by atoms with Crippen molar-refractivity contribution < 1.29 is 14.1 Å². The average molecular weight is 252 g/mol. The number of carbonyl (C=O) groups is 1. The van der Waals surface area contributed by atoms with Gasteiger partial charge >= 0.3 is 0 Å². The van der Waals surface area contributed by atoms with Crippen LogP contribution in [0.1, 0.15) is 21.9 Å². The maximum Gasteiger partial charge on any atom is 0.295 e. The molecule has 0 aliphatic heterocycles. The van der Waals surface area contributed by atoms with Gasteiger partial charge in [-0.2, -0.15) is 5.10 Å². The number of anilines is 1. The second kappa shape index (κ2) is 4.48. The largest absolute Gasteiger partial charge is 0.380 e. The molecule has 0 fully saturated rings. The molecule has 18 heavy (non-hydrogen) atoms. The highest BCUT2D eigenvalue weighted by Gasteiger charge is 2.16. The first-order valence-corrected chi connectivity index (χ1v) is 4.60. The molecule has 2 heterocycles. The number of aryl methyl sites for hydroxylation is 1. The summed E-state index contributed by atoms with van der Waals surface area (Å²) in [5.41, 5.74) is 13.4. The van der Waals surface area contributed by atoms with Crippen LogP contribution in [0.3, 0.4) is 0 Å². The lowest BCUT2D eigenvalue weighted by Crippen LogP contribution is -2.25. The zero-order valence-electron chi connectivity index (χ0n) is 9.12. The molecule has 1 amide bonds. The number of nitrogens with two attached hydrogens (primary N) is 2. The van der Waals surface area contributed by atoms with Gasteiger partial charge in [-0.25, -0.2) is 14.7 Å². The van der Waals surface area contributed by atoms with Crippen molar-refractivity contribution in [3.8, 4) is 0 Å². The predicted molar refractivity (Wildman–Crippen MR) is 55.9 cm³/mol. The Morgan fingerprint density at radius 2 is 1.89 bits per heavy atom. The average Bonchev–Trinajstić information content (AvgIpc) is 2.94. The van der Waals surface area contributed by atoms with Gasteiger partial charge in [0, 0.05) is 0 Å². The van der Waals surface area contributed by atoms with E-state index in [-0.39, 0.29) is 23.0 Å². The van der Waals surface area contributed by atoms with Gasteiger partial charge in [-0.15, -0.1) is 0 Å². The molecule has 0 bridgehead atoms. The van der Waals surface area contributed by atoms with E-state index in [1.54, 1.807) is 6.92 Å². The fourth-order valence-electron chi connectivity index (χ4n) is 1.03. The number of aromatic nitrogens is 4. The molecular formula is C7H8N8O3. The van der Waals surface area contributed by atoms with E-state index < -0.39 is 5.91 Å². The van der Waals surface area contributed by atoms with Crippen LogP contribution in [0.2, 0.25) is 0 Å². The molecule has 2 aromatic heterocycles. The first-order valence-electron chi connectivity index (χ1n) is 4.60. The number of hydrogen-bond acceptors (Lipinski definition) is 9. The van der Waals surface area contributed by atoms with Gasteiger partial charge in [-0.3, -0.25) is 4.79 Å². The summed E-state index contributed by atoms with van der Waals surface area (Å²) in [5.74, 6) is -0.826. The minimum atomic E-state index is -0.633. The lowest BCUT2D eigenvalue weighted by Gasteiger charge is -1.97. The topological polar surface area (TPSA) is 171 Å². The number of nitrogens with zero attached hydrogens (tertiary/aromatic N) is 5. The number of rotatable bonds is 3. The molecule has 11 heteroatoms. The summed E-state index contributed by atoms with van der Waals surface area (Å²) in [5, 5.41) is 17.1. The summed E-state index contributed by atoms with van der Waals surface area (Å²) in [4.78, 5) is 11.6. The fraction of sp³-hybridized carbons (Fsp3) is 0.143. The van der Waals surface area contributed by atoms with E-state index >= 15 is 0 Å². The van der Waals surface area contributed by atoms with Crippen molar-refractivity contribution in [2.24, 2.45) is 10.8 Å². The molecule has 0 aliphatic rings. The van der Waals surface area contributed by atoms with E-state index in [1.807, 2.05) is 0 Å². The molecule has 11 nitrogen and oxygen atoms in total. The van der Waals surface area contributed by atoms with E-state index in [9.17, 15) is 4.79 Å². The fourth-order valence-corrected chi connectivity index (χ4v) is 1.03. The number of nitrogen functional groups attached to an aromatic ring is 1. The van der Waals surface area contributed by atoms with Gasteiger partial charge in [0.15, 0.2) is 23.0 Å². The zero-order chi connectivity index (χ0) is 13.1. The summed E-state index contributed by atoms with van der Waals surface area (Å²) in [7, 11) is 0. The quantitative estimate of drug-likeness (QED) is 0.330. The Balaban J connectivity index is 2.10. The van der Waals surface area contributed by atoms with Crippen molar-refractivity contribution >= 4 is 17.6 Å². The monoisotopic (exact) mass is 252 g/mol. The Bertz CT molecular complexity index is 599. The summed E-state index contributed by atoms with van der Waals surface area (Å²) in [6.45, 7) is 1.55. The molecule has 0 saturated carbocycles. The third-order valence-electron chi connectivity index (χ3n) is 1.90. The molecule has 0 radical (unpaired) electrons. The number of carbonyl (C=O) groups excluding carboxylic acids is 1. The Hall–Kier alpha value is -2.98. The van der Waals surface area contributed by atoms with Gasteiger partial charge in [0.25, 0.3) is 5.91 Å². The second-order valence-corrected chi connectivity index (χ2v) is 3.13. The van der Waals surface area contributed by atoms with Crippen molar-refractivity contribution in [2.45, 2.75) is 6.92 Å². The maximum atomic E-state index is 11.6. The minimum absolute atomic E-state index is 0.00204. The van der Waals surface area contributed by atoms with Crippen LogP contribution in [0, 0.1) is 6.92 Å². The summed E-state index contributed by atoms with van der Waals surface area (Å²) in [6.07, 6.45) is 0. The van der Waals surface area contributed by atoms with Crippen LogP contribution < -0.4 is 16.9 Å². The van der Waals surface area contributed by atoms with Crippen LogP contribution in [-0.2, 0) is 0 Å². The normalized spacial score (nSPS) is 11.5.